The largest absolute Gasteiger partial charge is 0.405 e. The summed E-state index contributed by atoms with van der Waals surface area (Å²) in [6, 6.07) is 11.1. The molecule has 0 fully saturated rings. The molecule has 0 aromatic heterocycles. The van der Waals surface area contributed by atoms with Crippen LogP contribution in [-0.2, 0) is 9.63 Å². The molecule has 0 saturated carbocycles. The van der Waals surface area contributed by atoms with E-state index in [9.17, 15) is 27.2 Å². The number of carbonyl (C=O) groups is 2. The number of carbonyl (C=O) groups excluding carboxylic acids is 2. The predicted molar refractivity (Wildman–Crippen MR) is 95.9 cm³/mol. The minimum absolute atomic E-state index is 0.0149. The highest BCUT2D eigenvalue weighted by atomic mass is 19.4. The molecule has 1 aliphatic rings. The first-order chi connectivity index (χ1) is 13.7. The average molecular weight is 409 g/mol. The maximum absolute atomic E-state index is 13.3. The number of rotatable bonds is 5. The lowest BCUT2D eigenvalue weighted by Gasteiger charge is -2.11. The second kappa shape index (κ2) is 8.29. The van der Waals surface area contributed by atoms with Crippen LogP contribution in [0, 0.1) is 5.82 Å². The zero-order chi connectivity index (χ0) is 21.0. The van der Waals surface area contributed by atoms with Gasteiger partial charge < -0.3 is 15.5 Å². The third-order valence-corrected chi connectivity index (χ3v) is 3.98. The molecular formula is C19H15F4N3O3. The first-order valence-corrected chi connectivity index (χ1v) is 8.46. The molecule has 0 radical (unpaired) electrons. The smallest absolute Gasteiger partial charge is 0.382 e. The van der Waals surface area contributed by atoms with Gasteiger partial charge in [0.1, 0.15) is 12.4 Å². The van der Waals surface area contributed by atoms with Gasteiger partial charge >= 0.3 is 6.18 Å². The van der Waals surface area contributed by atoms with Crippen LogP contribution in [0.25, 0.3) is 0 Å². The molecule has 0 spiro atoms. The predicted octanol–water partition coefficient (Wildman–Crippen LogP) is 3.25. The van der Waals surface area contributed by atoms with Crippen LogP contribution in [0.3, 0.4) is 0 Å². The topological polar surface area (TPSA) is 79.8 Å². The van der Waals surface area contributed by atoms with Crippen LogP contribution in [-0.4, -0.2) is 36.4 Å². The van der Waals surface area contributed by atoms with Gasteiger partial charge in [-0.1, -0.05) is 17.3 Å². The van der Waals surface area contributed by atoms with Crippen molar-refractivity contribution in [1.29, 1.82) is 0 Å². The second-order valence-corrected chi connectivity index (χ2v) is 6.21. The molecule has 0 aliphatic carbocycles. The van der Waals surface area contributed by atoms with Crippen molar-refractivity contribution in [1.82, 2.24) is 5.32 Å². The van der Waals surface area contributed by atoms with Crippen molar-refractivity contribution in [3.05, 3.63) is 65.5 Å². The number of oxime groups is 1. The number of benzene rings is 2. The SMILES string of the molecule is O=C(NCC(F)(F)F)c1ccc(NC(=O)[C@H]2CC(c3cccc(F)c3)=NO2)cc1. The molecule has 152 valence electrons. The van der Waals surface area contributed by atoms with E-state index in [1.165, 1.54) is 42.5 Å². The quantitative estimate of drug-likeness (QED) is 0.744. The highest BCUT2D eigenvalue weighted by Crippen LogP contribution is 2.19. The fourth-order valence-electron chi connectivity index (χ4n) is 2.57. The first-order valence-electron chi connectivity index (χ1n) is 8.46. The van der Waals surface area contributed by atoms with Gasteiger partial charge in [0.25, 0.3) is 11.8 Å². The normalized spacial score (nSPS) is 16.0. The second-order valence-electron chi connectivity index (χ2n) is 6.21. The van der Waals surface area contributed by atoms with Gasteiger partial charge in [-0.25, -0.2) is 4.39 Å². The molecule has 0 saturated heterocycles. The van der Waals surface area contributed by atoms with Crippen molar-refractivity contribution in [2.75, 3.05) is 11.9 Å². The monoisotopic (exact) mass is 409 g/mol. The zero-order valence-corrected chi connectivity index (χ0v) is 14.8. The van der Waals surface area contributed by atoms with Crippen LogP contribution in [0.2, 0.25) is 0 Å². The Labute approximate surface area is 162 Å². The molecule has 2 aromatic carbocycles. The highest BCUT2D eigenvalue weighted by Gasteiger charge is 2.29. The molecule has 0 bridgehead atoms. The number of nitrogens with one attached hydrogen (secondary N) is 2. The summed E-state index contributed by atoms with van der Waals surface area (Å²) in [6.45, 7) is -1.43. The highest BCUT2D eigenvalue weighted by molar-refractivity contribution is 6.06. The summed E-state index contributed by atoms with van der Waals surface area (Å²) in [5.41, 5.74) is 1.28. The van der Waals surface area contributed by atoms with Crippen LogP contribution in [0.5, 0.6) is 0 Å². The van der Waals surface area contributed by atoms with Crippen LogP contribution in [0.4, 0.5) is 23.2 Å². The summed E-state index contributed by atoms with van der Waals surface area (Å²) in [5, 5.41) is 8.13. The van der Waals surface area contributed by atoms with E-state index >= 15 is 0 Å². The third-order valence-electron chi connectivity index (χ3n) is 3.98. The Hall–Kier alpha value is -3.43. The summed E-state index contributed by atoms with van der Waals surface area (Å²) >= 11 is 0. The number of hydrogen-bond acceptors (Lipinski definition) is 4. The molecule has 3 rings (SSSR count). The Morgan fingerprint density at radius 2 is 1.86 bits per heavy atom. The Morgan fingerprint density at radius 3 is 2.52 bits per heavy atom. The maximum Gasteiger partial charge on any atom is 0.405 e. The standard InChI is InChI=1S/C19H15F4N3O3/c20-13-3-1-2-12(8-13)15-9-16(29-26-15)18(28)25-14-6-4-11(5-7-14)17(27)24-10-19(21,22)23/h1-8,16H,9-10H2,(H,24,27)(H,25,28)/t16-/m1/s1. The summed E-state index contributed by atoms with van der Waals surface area (Å²) in [7, 11) is 0. The Kier molecular flexibility index (Phi) is 5.81. The lowest BCUT2D eigenvalue weighted by Crippen LogP contribution is -2.33. The van der Waals surface area contributed by atoms with Gasteiger partial charge in [0, 0.05) is 23.2 Å². The van der Waals surface area contributed by atoms with E-state index in [0.29, 0.717) is 17.0 Å². The lowest BCUT2D eigenvalue weighted by molar-refractivity contribution is -0.125. The van der Waals surface area contributed by atoms with E-state index in [1.807, 2.05) is 0 Å². The van der Waals surface area contributed by atoms with Gasteiger partial charge in [-0.3, -0.25) is 9.59 Å². The van der Waals surface area contributed by atoms with Gasteiger partial charge in [-0.2, -0.15) is 13.2 Å². The van der Waals surface area contributed by atoms with E-state index < -0.39 is 36.5 Å². The van der Waals surface area contributed by atoms with Crippen molar-refractivity contribution in [2.24, 2.45) is 5.16 Å². The van der Waals surface area contributed by atoms with Crippen molar-refractivity contribution >= 4 is 23.2 Å². The minimum atomic E-state index is -4.50. The van der Waals surface area contributed by atoms with Crippen molar-refractivity contribution < 1.29 is 32.0 Å². The average Bonchev–Trinajstić information content (AvgIpc) is 3.16. The zero-order valence-electron chi connectivity index (χ0n) is 14.8. The fraction of sp³-hybridized carbons (Fsp3) is 0.211. The minimum Gasteiger partial charge on any atom is -0.382 e. The van der Waals surface area contributed by atoms with E-state index in [0.717, 1.165) is 0 Å². The van der Waals surface area contributed by atoms with Gasteiger partial charge in [0.05, 0.1) is 5.71 Å². The Balaban J connectivity index is 1.54. The molecule has 1 heterocycles. The van der Waals surface area contributed by atoms with Crippen LogP contribution in [0.15, 0.2) is 53.7 Å². The molecule has 6 nitrogen and oxygen atoms in total. The van der Waals surface area contributed by atoms with E-state index in [4.69, 9.17) is 4.84 Å². The van der Waals surface area contributed by atoms with Gasteiger partial charge in [0.15, 0.2) is 0 Å². The number of amides is 2. The van der Waals surface area contributed by atoms with Crippen LogP contribution >= 0.6 is 0 Å². The summed E-state index contributed by atoms with van der Waals surface area (Å²) in [5.74, 6) is -1.82. The van der Waals surface area contributed by atoms with Crippen molar-refractivity contribution in [3.8, 4) is 0 Å². The summed E-state index contributed by atoms with van der Waals surface area (Å²) in [4.78, 5) is 29.1. The fourth-order valence-corrected chi connectivity index (χ4v) is 2.57. The van der Waals surface area contributed by atoms with E-state index in [1.54, 1.807) is 11.4 Å². The molecule has 2 aromatic rings. The number of anilines is 1. The Bertz CT molecular complexity index is 942. The van der Waals surface area contributed by atoms with Gasteiger partial charge in [0.2, 0.25) is 6.10 Å². The first kappa shape index (κ1) is 20.3. The van der Waals surface area contributed by atoms with Crippen molar-refractivity contribution in [3.63, 3.8) is 0 Å². The van der Waals surface area contributed by atoms with E-state index in [-0.39, 0.29) is 12.0 Å². The number of halogens is 4. The molecule has 10 heteroatoms. The van der Waals surface area contributed by atoms with Crippen LogP contribution < -0.4 is 10.6 Å². The molecule has 2 amide bonds. The van der Waals surface area contributed by atoms with Crippen molar-refractivity contribution in [2.45, 2.75) is 18.7 Å². The number of hydrogen-bond donors (Lipinski definition) is 2. The van der Waals surface area contributed by atoms with Crippen LogP contribution in [0.1, 0.15) is 22.3 Å². The molecule has 0 unspecified atom stereocenters. The summed E-state index contributed by atoms with van der Waals surface area (Å²) in [6.07, 6.45) is -5.27. The third kappa shape index (κ3) is 5.53. The summed E-state index contributed by atoms with van der Waals surface area (Å²) < 4.78 is 49.7. The molecule has 1 aliphatic heterocycles. The molecule has 1 atom stereocenters. The molecular weight excluding hydrogens is 394 g/mol. The molecule has 2 N–H and O–H groups in total. The number of nitrogens with zero attached hydrogens (tertiary/aromatic N) is 1. The molecule has 29 heavy (non-hydrogen) atoms. The number of alkyl halides is 3. The van der Waals surface area contributed by atoms with E-state index in [2.05, 4.69) is 10.5 Å². The van der Waals surface area contributed by atoms with Gasteiger partial charge in [-0.15, -0.1) is 0 Å². The maximum atomic E-state index is 13.3. The lowest BCUT2D eigenvalue weighted by atomic mass is 10.0. The Morgan fingerprint density at radius 1 is 1.14 bits per heavy atom. The van der Waals surface area contributed by atoms with Gasteiger partial charge in [-0.05, 0) is 36.4 Å².